The third-order valence-corrected chi connectivity index (χ3v) is 4.77. The normalized spacial score (nSPS) is 13.8. The summed E-state index contributed by atoms with van der Waals surface area (Å²) in [4.78, 5) is 8.58. The van der Waals surface area contributed by atoms with Crippen LogP contribution in [0.25, 0.3) is 0 Å². The highest BCUT2D eigenvalue weighted by molar-refractivity contribution is 6.62. The van der Waals surface area contributed by atoms with E-state index in [-0.39, 0.29) is 35.3 Å². The van der Waals surface area contributed by atoms with Crippen molar-refractivity contribution in [2.45, 2.75) is 52.4 Å². The van der Waals surface area contributed by atoms with Crippen LogP contribution in [0, 0.1) is 6.92 Å². The van der Waals surface area contributed by atoms with Gasteiger partial charge in [0.05, 0.1) is 12.2 Å². The summed E-state index contributed by atoms with van der Waals surface area (Å²) in [6.45, 7) is 5.91. The maximum atomic E-state index is 13.4. The predicted molar refractivity (Wildman–Crippen MR) is 102 cm³/mol. The summed E-state index contributed by atoms with van der Waals surface area (Å²) in [7, 11) is -1.58. The Morgan fingerprint density at radius 2 is 2.00 bits per heavy atom. The highest BCUT2D eigenvalue weighted by Gasteiger charge is 2.41. The monoisotopic (exact) mass is 394 g/mol. The van der Waals surface area contributed by atoms with Crippen LogP contribution in [0.3, 0.4) is 0 Å². The average Bonchev–Trinajstić information content (AvgIpc) is 3.01. The SMILES string of the molecule is CCC(CC)Nc1nc(Nc2cc3c(c(C(F)(F)F)c2)B(O)OC3)ncc1C. The van der Waals surface area contributed by atoms with Crippen LogP contribution in [0.1, 0.15) is 43.4 Å². The maximum Gasteiger partial charge on any atom is 0.492 e. The lowest BCUT2D eigenvalue weighted by Crippen LogP contribution is -2.34. The van der Waals surface area contributed by atoms with Crippen molar-refractivity contribution in [3.05, 3.63) is 35.0 Å². The molecule has 2 aromatic rings. The molecular weight excluding hydrogens is 372 g/mol. The molecule has 0 bridgehead atoms. The number of fused-ring (bicyclic) bond motifs is 1. The van der Waals surface area contributed by atoms with Gasteiger partial charge in [-0.05, 0) is 37.5 Å². The van der Waals surface area contributed by atoms with Crippen molar-refractivity contribution < 1.29 is 22.8 Å². The van der Waals surface area contributed by atoms with Crippen molar-refractivity contribution in [3.8, 4) is 0 Å². The second kappa shape index (κ2) is 7.96. The number of rotatable bonds is 6. The number of nitrogens with one attached hydrogen (secondary N) is 2. The molecule has 0 saturated carbocycles. The van der Waals surface area contributed by atoms with E-state index in [1.54, 1.807) is 6.20 Å². The molecule has 0 unspecified atom stereocenters. The minimum absolute atomic E-state index is 0.0919. The molecule has 3 rings (SSSR count). The first kappa shape index (κ1) is 20.4. The lowest BCUT2D eigenvalue weighted by Gasteiger charge is -2.18. The Balaban J connectivity index is 1.92. The number of hydrogen-bond donors (Lipinski definition) is 3. The third-order valence-electron chi connectivity index (χ3n) is 4.77. The van der Waals surface area contributed by atoms with Gasteiger partial charge in [-0.15, -0.1) is 0 Å². The van der Waals surface area contributed by atoms with Gasteiger partial charge in [0.1, 0.15) is 5.82 Å². The quantitative estimate of drug-likeness (QED) is 0.653. The van der Waals surface area contributed by atoms with Gasteiger partial charge in [-0.2, -0.15) is 18.2 Å². The molecule has 0 amide bonds. The Hall–Kier alpha value is -2.33. The van der Waals surface area contributed by atoms with E-state index < -0.39 is 18.9 Å². The van der Waals surface area contributed by atoms with E-state index in [9.17, 15) is 18.2 Å². The van der Waals surface area contributed by atoms with Crippen LogP contribution in [0.2, 0.25) is 0 Å². The van der Waals surface area contributed by atoms with Gasteiger partial charge in [-0.25, -0.2) is 4.98 Å². The number of nitrogens with zero attached hydrogens (tertiary/aromatic N) is 2. The Labute approximate surface area is 161 Å². The Morgan fingerprint density at radius 1 is 1.29 bits per heavy atom. The summed E-state index contributed by atoms with van der Waals surface area (Å²) in [6.07, 6.45) is -1.16. The lowest BCUT2D eigenvalue weighted by molar-refractivity contribution is -0.136. The van der Waals surface area contributed by atoms with E-state index >= 15 is 0 Å². The fourth-order valence-electron chi connectivity index (χ4n) is 3.15. The summed E-state index contributed by atoms with van der Waals surface area (Å²) < 4.78 is 45.3. The molecule has 1 aliphatic rings. The summed E-state index contributed by atoms with van der Waals surface area (Å²) in [5.74, 6) is 0.828. The fourth-order valence-corrected chi connectivity index (χ4v) is 3.15. The van der Waals surface area contributed by atoms with Gasteiger partial charge in [0.25, 0.3) is 0 Å². The summed E-state index contributed by atoms with van der Waals surface area (Å²) in [5, 5.41) is 15.9. The van der Waals surface area contributed by atoms with Crippen molar-refractivity contribution in [3.63, 3.8) is 0 Å². The summed E-state index contributed by atoms with van der Waals surface area (Å²) in [5.41, 5.74) is 0.145. The molecule has 0 aliphatic carbocycles. The molecule has 6 nitrogen and oxygen atoms in total. The first-order valence-electron chi connectivity index (χ1n) is 9.13. The molecule has 10 heteroatoms. The number of aryl methyl sites for hydroxylation is 1. The highest BCUT2D eigenvalue weighted by atomic mass is 19.4. The molecule has 0 fully saturated rings. The molecule has 3 N–H and O–H groups in total. The molecule has 0 saturated heterocycles. The number of anilines is 3. The van der Waals surface area contributed by atoms with Crippen LogP contribution in [0.4, 0.5) is 30.6 Å². The number of hydrogen-bond acceptors (Lipinski definition) is 6. The van der Waals surface area contributed by atoms with E-state index in [4.69, 9.17) is 4.65 Å². The topological polar surface area (TPSA) is 79.3 Å². The van der Waals surface area contributed by atoms with Crippen LogP contribution in [0.5, 0.6) is 0 Å². The minimum Gasteiger partial charge on any atom is -0.423 e. The van der Waals surface area contributed by atoms with Crippen molar-refractivity contribution in [1.82, 2.24) is 9.97 Å². The van der Waals surface area contributed by atoms with Crippen molar-refractivity contribution in [2.75, 3.05) is 10.6 Å². The van der Waals surface area contributed by atoms with Gasteiger partial charge in [-0.3, -0.25) is 0 Å². The molecular formula is C18H22BF3N4O2. The molecule has 0 atom stereocenters. The Morgan fingerprint density at radius 3 is 2.64 bits per heavy atom. The number of halogens is 3. The Kier molecular flexibility index (Phi) is 5.80. The molecule has 150 valence electrons. The predicted octanol–water partition coefficient (Wildman–Crippen LogP) is 3.37. The number of aromatic nitrogens is 2. The van der Waals surface area contributed by atoms with Gasteiger partial charge in [0.15, 0.2) is 0 Å². The molecule has 2 heterocycles. The number of benzene rings is 1. The largest absolute Gasteiger partial charge is 0.492 e. The highest BCUT2D eigenvalue weighted by Crippen LogP contribution is 2.33. The van der Waals surface area contributed by atoms with Gasteiger partial charge in [-0.1, -0.05) is 13.8 Å². The molecule has 1 aromatic carbocycles. The lowest BCUT2D eigenvalue weighted by atomic mass is 9.75. The van der Waals surface area contributed by atoms with Crippen molar-refractivity contribution in [2.24, 2.45) is 0 Å². The van der Waals surface area contributed by atoms with E-state index in [0.717, 1.165) is 24.5 Å². The van der Waals surface area contributed by atoms with Crippen molar-refractivity contribution >= 4 is 30.0 Å². The van der Waals surface area contributed by atoms with Crippen LogP contribution < -0.4 is 16.1 Å². The Bertz CT molecular complexity index is 859. The molecule has 0 spiro atoms. The zero-order valence-corrected chi connectivity index (χ0v) is 15.9. The van der Waals surface area contributed by atoms with Crippen LogP contribution >= 0.6 is 0 Å². The van der Waals surface area contributed by atoms with Crippen molar-refractivity contribution in [1.29, 1.82) is 0 Å². The first-order valence-corrected chi connectivity index (χ1v) is 9.13. The smallest absolute Gasteiger partial charge is 0.423 e. The van der Waals surface area contributed by atoms with Crippen LogP contribution in [-0.4, -0.2) is 28.2 Å². The standard InChI is InChI=1S/C18H22BF3N4O2/c1-4-12(5-2)24-16-10(3)8-23-17(26-16)25-13-6-11-9-28-19(27)15(11)14(7-13)18(20,21)22/h6-8,12,27H,4-5,9H2,1-3H3,(H2,23,24,25,26). The number of alkyl halides is 3. The second-order valence-corrected chi connectivity index (χ2v) is 6.77. The van der Waals surface area contributed by atoms with E-state index in [1.165, 1.54) is 6.07 Å². The summed E-state index contributed by atoms with van der Waals surface area (Å²) >= 11 is 0. The molecule has 28 heavy (non-hydrogen) atoms. The minimum atomic E-state index is -4.62. The van der Waals surface area contributed by atoms with Crippen LogP contribution in [0.15, 0.2) is 18.3 Å². The second-order valence-electron chi connectivity index (χ2n) is 6.77. The third kappa shape index (κ3) is 4.23. The van der Waals surface area contributed by atoms with E-state index in [1.807, 2.05) is 6.92 Å². The molecule has 1 aromatic heterocycles. The van der Waals surface area contributed by atoms with Gasteiger partial charge in [0, 0.05) is 29.0 Å². The summed E-state index contributed by atoms with van der Waals surface area (Å²) in [6, 6.07) is 2.70. The zero-order chi connectivity index (χ0) is 20.5. The van der Waals surface area contributed by atoms with Gasteiger partial charge < -0.3 is 20.3 Å². The zero-order valence-electron chi connectivity index (χ0n) is 15.9. The van der Waals surface area contributed by atoms with Gasteiger partial charge in [0.2, 0.25) is 5.95 Å². The first-order chi connectivity index (χ1) is 13.2. The maximum absolute atomic E-state index is 13.4. The molecule has 0 radical (unpaired) electrons. The fraction of sp³-hybridized carbons (Fsp3) is 0.444. The van der Waals surface area contributed by atoms with E-state index in [0.29, 0.717) is 5.82 Å². The molecule has 1 aliphatic heterocycles. The average molecular weight is 394 g/mol. The van der Waals surface area contributed by atoms with Gasteiger partial charge >= 0.3 is 13.3 Å². The van der Waals surface area contributed by atoms with E-state index in [2.05, 4.69) is 34.4 Å². The van der Waals surface area contributed by atoms with Crippen LogP contribution in [-0.2, 0) is 17.4 Å².